The van der Waals surface area contributed by atoms with Crippen LogP contribution >= 0.6 is 27.3 Å². The molecule has 0 spiro atoms. The fourth-order valence-electron chi connectivity index (χ4n) is 1.85. The molecule has 0 fully saturated rings. The fraction of sp³-hybridized carbons (Fsp3) is 0.0625. The second-order valence-electron chi connectivity index (χ2n) is 4.63. The number of carbonyl (C=O) groups is 2. The van der Waals surface area contributed by atoms with Crippen LogP contribution in [0.25, 0.3) is 11.3 Å². The number of nitrogens with zero attached hydrogens (tertiary/aromatic N) is 1. The predicted molar refractivity (Wildman–Crippen MR) is 92.9 cm³/mol. The summed E-state index contributed by atoms with van der Waals surface area (Å²) in [5.74, 6) is -1.15. The molecule has 3 rings (SSSR count). The molecule has 0 aliphatic rings. The highest BCUT2D eigenvalue weighted by Crippen LogP contribution is 2.24. The minimum atomic E-state index is -0.708. The fourth-order valence-corrected chi connectivity index (χ4v) is 2.90. The number of thiazole rings is 1. The maximum Gasteiger partial charge on any atom is 0.374 e. The van der Waals surface area contributed by atoms with E-state index in [1.165, 1.54) is 17.4 Å². The number of carbonyl (C=O) groups excluding carboxylic acids is 2. The zero-order chi connectivity index (χ0) is 16.9. The van der Waals surface area contributed by atoms with Crippen molar-refractivity contribution in [2.45, 2.75) is 0 Å². The van der Waals surface area contributed by atoms with Crippen molar-refractivity contribution in [3.8, 4) is 11.3 Å². The van der Waals surface area contributed by atoms with Crippen molar-refractivity contribution >= 4 is 44.3 Å². The molecule has 1 aromatic carbocycles. The lowest BCUT2D eigenvalue weighted by Crippen LogP contribution is -2.20. The Balaban J connectivity index is 1.54. The molecule has 2 heterocycles. The molecule has 24 heavy (non-hydrogen) atoms. The van der Waals surface area contributed by atoms with Crippen molar-refractivity contribution in [3.63, 3.8) is 0 Å². The molecule has 0 aliphatic carbocycles. The van der Waals surface area contributed by atoms with E-state index < -0.39 is 18.5 Å². The summed E-state index contributed by atoms with van der Waals surface area (Å²) < 4.78 is 10.3. The Morgan fingerprint density at radius 3 is 2.71 bits per heavy atom. The van der Waals surface area contributed by atoms with Crippen LogP contribution in [0.15, 0.2) is 56.9 Å². The molecular formula is C16H11BrN2O4S. The van der Waals surface area contributed by atoms with Crippen molar-refractivity contribution in [1.29, 1.82) is 0 Å². The van der Waals surface area contributed by atoms with Crippen molar-refractivity contribution < 1.29 is 18.7 Å². The number of furan rings is 1. The topological polar surface area (TPSA) is 81.4 Å². The number of anilines is 1. The summed E-state index contributed by atoms with van der Waals surface area (Å²) >= 11 is 4.38. The van der Waals surface area contributed by atoms with E-state index in [0.29, 0.717) is 9.80 Å². The van der Waals surface area contributed by atoms with E-state index in [-0.39, 0.29) is 5.76 Å². The first-order valence-electron chi connectivity index (χ1n) is 6.85. The van der Waals surface area contributed by atoms with Gasteiger partial charge in [-0.1, -0.05) is 30.3 Å². The summed E-state index contributed by atoms with van der Waals surface area (Å²) in [6.45, 7) is -0.419. The number of nitrogens with one attached hydrogen (secondary N) is 1. The van der Waals surface area contributed by atoms with Gasteiger partial charge in [-0.2, -0.15) is 0 Å². The maximum atomic E-state index is 11.8. The van der Waals surface area contributed by atoms with E-state index in [2.05, 4.69) is 26.2 Å². The highest BCUT2D eigenvalue weighted by Gasteiger charge is 2.15. The Morgan fingerprint density at radius 2 is 2.00 bits per heavy atom. The third-order valence-corrected chi connectivity index (χ3v) is 4.11. The third-order valence-electron chi connectivity index (χ3n) is 2.93. The van der Waals surface area contributed by atoms with Gasteiger partial charge in [-0.15, -0.1) is 11.3 Å². The summed E-state index contributed by atoms with van der Waals surface area (Å²) in [6, 6.07) is 12.6. The van der Waals surface area contributed by atoms with Gasteiger partial charge in [-0.05, 0) is 28.1 Å². The Hall–Kier alpha value is -2.45. The van der Waals surface area contributed by atoms with Crippen LogP contribution in [-0.4, -0.2) is 23.5 Å². The molecule has 2 aromatic heterocycles. The molecule has 0 saturated heterocycles. The van der Waals surface area contributed by atoms with Crippen LogP contribution in [0, 0.1) is 0 Å². The molecule has 122 valence electrons. The molecule has 0 radical (unpaired) electrons. The lowest BCUT2D eigenvalue weighted by molar-refractivity contribution is -0.119. The van der Waals surface area contributed by atoms with E-state index in [4.69, 9.17) is 9.15 Å². The van der Waals surface area contributed by atoms with Gasteiger partial charge in [0.1, 0.15) is 0 Å². The van der Waals surface area contributed by atoms with Gasteiger partial charge < -0.3 is 9.15 Å². The van der Waals surface area contributed by atoms with E-state index in [9.17, 15) is 9.59 Å². The van der Waals surface area contributed by atoms with Crippen LogP contribution < -0.4 is 5.32 Å². The number of hydrogen-bond acceptors (Lipinski definition) is 6. The highest BCUT2D eigenvalue weighted by atomic mass is 79.9. The smallest absolute Gasteiger partial charge is 0.374 e. The van der Waals surface area contributed by atoms with Crippen molar-refractivity contribution in [2.24, 2.45) is 0 Å². The molecule has 1 amide bonds. The standard InChI is InChI=1S/C16H11BrN2O4S/c17-13-7-6-12(23-13)15(21)22-8-14(20)19-16-18-11(9-24-16)10-4-2-1-3-5-10/h1-7,9H,8H2,(H,18,19,20). The van der Waals surface area contributed by atoms with E-state index >= 15 is 0 Å². The number of halogens is 1. The predicted octanol–water partition coefficient (Wildman–Crippen LogP) is 3.96. The van der Waals surface area contributed by atoms with Crippen LogP contribution in [0.1, 0.15) is 10.6 Å². The first-order chi connectivity index (χ1) is 11.6. The van der Waals surface area contributed by atoms with E-state index in [1.807, 2.05) is 35.7 Å². The van der Waals surface area contributed by atoms with Gasteiger partial charge in [-0.25, -0.2) is 9.78 Å². The number of benzene rings is 1. The lowest BCUT2D eigenvalue weighted by atomic mass is 10.2. The van der Waals surface area contributed by atoms with Crippen LogP contribution in [0.5, 0.6) is 0 Å². The van der Waals surface area contributed by atoms with Crippen LogP contribution in [0.4, 0.5) is 5.13 Å². The second kappa shape index (κ2) is 7.41. The van der Waals surface area contributed by atoms with Crippen LogP contribution in [0.2, 0.25) is 0 Å². The van der Waals surface area contributed by atoms with Gasteiger partial charge in [0.15, 0.2) is 16.4 Å². The normalized spacial score (nSPS) is 10.4. The second-order valence-corrected chi connectivity index (χ2v) is 6.27. The van der Waals surface area contributed by atoms with Crippen molar-refractivity contribution in [1.82, 2.24) is 4.98 Å². The zero-order valence-corrected chi connectivity index (χ0v) is 14.6. The minimum Gasteiger partial charge on any atom is -0.450 e. The Bertz CT molecular complexity index is 860. The minimum absolute atomic E-state index is 0.0234. The largest absolute Gasteiger partial charge is 0.450 e. The van der Waals surface area contributed by atoms with Crippen LogP contribution in [-0.2, 0) is 9.53 Å². The molecule has 8 heteroatoms. The van der Waals surface area contributed by atoms with Gasteiger partial charge in [0.25, 0.3) is 5.91 Å². The number of hydrogen-bond donors (Lipinski definition) is 1. The van der Waals surface area contributed by atoms with Gasteiger partial charge in [-0.3, -0.25) is 10.1 Å². The van der Waals surface area contributed by atoms with Crippen LogP contribution in [0.3, 0.4) is 0 Å². The number of rotatable bonds is 5. The van der Waals surface area contributed by atoms with Gasteiger partial charge in [0.05, 0.1) is 5.69 Å². The first-order valence-corrected chi connectivity index (χ1v) is 8.52. The third kappa shape index (κ3) is 4.09. The quantitative estimate of drug-likeness (QED) is 0.648. The number of aromatic nitrogens is 1. The molecule has 1 N–H and O–H groups in total. The van der Waals surface area contributed by atoms with Crippen molar-refractivity contribution in [3.05, 3.63) is 58.3 Å². The molecule has 6 nitrogen and oxygen atoms in total. The summed E-state index contributed by atoms with van der Waals surface area (Å²) in [5.41, 5.74) is 1.73. The number of amides is 1. The van der Waals surface area contributed by atoms with E-state index in [1.54, 1.807) is 6.07 Å². The average Bonchev–Trinajstić information content (AvgIpc) is 3.23. The molecule has 0 saturated carbocycles. The molecule has 0 aliphatic heterocycles. The molecule has 3 aromatic rings. The molecule has 0 unspecified atom stereocenters. The number of esters is 1. The Labute approximate surface area is 149 Å². The zero-order valence-electron chi connectivity index (χ0n) is 12.2. The number of ether oxygens (including phenoxy) is 1. The first kappa shape index (κ1) is 16.4. The maximum absolute atomic E-state index is 11.8. The highest BCUT2D eigenvalue weighted by molar-refractivity contribution is 9.10. The average molecular weight is 407 g/mol. The van der Waals surface area contributed by atoms with Crippen molar-refractivity contribution in [2.75, 3.05) is 11.9 Å². The SMILES string of the molecule is O=C(COC(=O)c1ccc(Br)o1)Nc1nc(-c2ccccc2)cs1. The van der Waals surface area contributed by atoms with Gasteiger partial charge >= 0.3 is 5.97 Å². The monoisotopic (exact) mass is 406 g/mol. The molecule has 0 atom stereocenters. The summed E-state index contributed by atoms with van der Waals surface area (Å²) in [5, 5.41) is 4.88. The lowest BCUT2D eigenvalue weighted by Gasteiger charge is -2.02. The Kier molecular flexibility index (Phi) is 5.07. The Morgan fingerprint density at radius 1 is 1.21 bits per heavy atom. The molecule has 0 bridgehead atoms. The van der Waals surface area contributed by atoms with Gasteiger partial charge in [0.2, 0.25) is 5.76 Å². The van der Waals surface area contributed by atoms with E-state index in [0.717, 1.165) is 11.3 Å². The summed E-state index contributed by atoms with van der Waals surface area (Å²) in [7, 11) is 0. The molecular weight excluding hydrogens is 396 g/mol. The summed E-state index contributed by atoms with van der Waals surface area (Å²) in [6.07, 6.45) is 0. The van der Waals surface area contributed by atoms with Gasteiger partial charge in [0, 0.05) is 10.9 Å². The summed E-state index contributed by atoms with van der Waals surface area (Å²) in [4.78, 5) is 27.8.